The number of aromatic nitrogens is 1. The molecule has 3 nitrogen and oxygen atoms in total. The summed E-state index contributed by atoms with van der Waals surface area (Å²) in [6.45, 7) is 3.04. The lowest BCUT2D eigenvalue weighted by molar-refractivity contribution is -0.132. The van der Waals surface area contributed by atoms with Gasteiger partial charge in [0, 0.05) is 18.0 Å². The van der Waals surface area contributed by atoms with Crippen LogP contribution < -0.4 is 0 Å². The van der Waals surface area contributed by atoms with Gasteiger partial charge in [-0.25, -0.2) is 4.98 Å². The summed E-state index contributed by atoms with van der Waals surface area (Å²) in [6.07, 6.45) is 5.14. The first-order valence-electron chi connectivity index (χ1n) is 6.49. The number of likely N-dealkylation sites (tertiary alicyclic amines) is 1. The Bertz CT molecular complexity index is 407. The molecule has 0 bridgehead atoms. The lowest BCUT2D eigenvalue weighted by Crippen LogP contribution is -2.39. The van der Waals surface area contributed by atoms with E-state index in [1.165, 1.54) is 24.2 Å². The molecule has 1 aliphatic rings. The number of carbonyl (C=O) groups is 1. The zero-order valence-corrected chi connectivity index (χ0v) is 12.3. The van der Waals surface area contributed by atoms with Crippen LogP contribution in [0.1, 0.15) is 43.3 Å². The summed E-state index contributed by atoms with van der Waals surface area (Å²) >= 11 is 7.25. The summed E-state index contributed by atoms with van der Waals surface area (Å²) in [5, 5.41) is 2.81. The first-order chi connectivity index (χ1) is 8.70. The van der Waals surface area contributed by atoms with Crippen LogP contribution in [-0.4, -0.2) is 28.4 Å². The number of carbonyl (C=O) groups excluding carboxylic acids is 1. The fourth-order valence-electron chi connectivity index (χ4n) is 2.37. The number of rotatable bonds is 3. The summed E-state index contributed by atoms with van der Waals surface area (Å²) in [5.41, 5.74) is 0.869. The molecule has 1 fully saturated rings. The van der Waals surface area contributed by atoms with Crippen LogP contribution in [-0.2, 0) is 17.1 Å². The highest BCUT2D eigenvalue weighted by Crippen LogP contribution is 2.19. The van der Waals surface area contributed by atoms with E-state index < -0.39 is 0 Å². The molecule has 0 N–H and O–H groups in total. The summed E-state index contributed by atoms with van der Waals surface area (Å²) in [5.74, 6) is 0.630. The highest BCUT2D eigenvalue weighted by Gasteiger charge is 2.22. The minimum Gasteiger partial charge on any atom is -0.340 e. The van der Waals surface area contributed by atoms with Gasteiger partial charge in [0.05, 0.1) is 18.0 Å². The molecule has 0 aromatic carbocycles. The number of amides is 1. The molecule has 1 aliphatic heterocycles. The number of hydrogen-bond donors (Lipinski definition) is 0. The third-order valence-electron chi connectivity index (χ3n) is 3.41. The monoisotopic (exact) mass is 286 g/mol. The molecule has 2 rings (SSSR count). The van der Waals surface area contributed by atoms with E-state index in [9.17, 15) is 4.79 Å². The van der Waals surface area contributed by atoms with Crippen LogP contribution >= 0.6 is 22.9 Å². The van der Waals surface area contributed by atoms with Crippen molar-refractivity contribution in [2.45, 2.75) is 50.9 Å². The van der Waals surface area contributed by atoms with Gasteiger partial charge in [0.1, 0.15) is 5.01 Å². The average Bonchev–Trinajstić information content (AvgIpc) is 2.69. The first-order valence-corrected chi connectivity index (χ1v) is 7.91. The highest BCUT2D eigenvalue weighted by molar-refractivity contribution is 7.09. The molecule has 1 unspecified atom stereocenters. The Morgan fingerprint density at radius 2 is 2.39 bits per heavy atom. The summed E-state index contributed by atoms with van der Waals surface area (Å²) in [6, 6.07) is 0.368. The van der Waals surface area contributed by atoms with Crippen molar-refractivity contribution < 1.29 is 4.79 Å². The number of hydrogen-bond acceptors (Lipinski definition) is 3. The predicted molar refractivity (Wildman–Crippen MR) is 75.0 cm³/mol. The van der Waals surface area contributed by atoms with Gasteiger partial charge in [-0.3, -0.25) is 4.79 Å². The lowest BCUT2D eigenvalue weighted by Gasteiger charge is -2.26. The van der Waals surface area contributed by atoms with Gasteiger partial charge >= 0.3 is 0 Å². The van der Waals surface area contributed by atoms with Gasteiger partial charge in [-0.05, 0) is 19.8 Å². The van der Waals surface area contributed by atoms with E-state index in [0.29, 0.717) is 18.3 Å². The molecular formula is C13H19ClN2OS. The zero-order chi connectivity index (χ0) is 13.0. The Hall–Kier alpha value is -0.610. The lowest BCUT2D eigenvalue weighted by atomic mass is 10.1. The average molecular weight is 287 g/mol. The smallest absolute Gasteiger partial charge is 0.229 e. The van der Waals surface area contributed by atoms with Crippen LogP contribution in [0.15, 0.2) is 5.38 Å². The van der Waals surface area contributed by atoms with Gasteiger partial charge in [0.2, 0.25) is 5.91 Å². The van der Waals surface area contributed by atoms with Crippen molar-refractivity contribution in [2.24, 2.45) is 0 Å². The minimum atomic E-state index is 0.208. The summed E-state index contributed by atoms with van der Waals surface area (Å²) in [7, 11) is 0. The first kappa shape index (κ1) is 13.8. The minimum absolute atomic E-state index is 0.208. The quantitative estimate of drug-likeness (QED) is 0.800. The standard InChI is InChI=1S/C13H19ClN2OS/c1-10-5-3-2-4-6-16(10)13(17)7-12-15-11(8-14)9-18-12/h9-10H,2-8H2,1H3. The van der Waals surface area contributed by atoms with Crippen molar-refractivity contribution in [3.63, 3.8) is 0 Å². The van der Waals surface area contributed by atoms with Gasteiger partial charge in [0.25, 0.3) is 0 Å². The second-order valence-corrected chi connectivity index (χ2v) is 6.04. The Kier molecular flexibility index (Phi) is 5.01. The molecular weight excluding hydrogens is 268 g/mol. The molecule has 1 atom stereocenters. The van der Waals surface area contributed by atoms with Gasteiger partial charge in [-0.1, -0.05) is 12.8 Å². The van der Waals surface area contributed by atoms with Crippen molar-refractivity contribution in [2.75, 3.05) is 6.54 Å². The normalized spacial score (nSPS) is 20.8. The third kappa shape index (κ3) is 3.45. The topological polar surface area (TPSA) is 33.2 Å². The van der Waals surface area contributed by atoms with Crippen LogP contribution in [0, 0.1) is 0 Å². The number of thiazole rings is 1. The maximum atomic E-state index is 12.3. The zero-order valence-electron chi connectivity index (χ0n) is 10.7. The molecule has 0 aliphatic carbocycles. The third-order valence-corrected chi connectivity index (χ3v) is 4.58. The second kappa shape index (κ2) is 6.53. The van der Waals surface area contributed by atoms with E-state index in [0.717, 1.165) is 30.1 Å². The van der Waals surface area contributed by atoms with Crippen molar-refractivity contribution >= 4 is 28.8 Å². The fraction of sp³-hybridized carbons (Fsp3) is 0.692. The number of nitrogens with zero attached hydrogens (tertiary/aromatic N) is 2. The fourth-order valence-corrected chi connectivity index (χ4v) is 3.38. The molecule has 1 amide bonds. The molecule has 18 heavy (non-hydrogen) atoms. The van der Waals surface area contributed by atoms with E-state index in [2.05, 4.69) is 11.9 Å². The molecule has 1 aromatic heterocycles. The van der Waals surface area contributed by atoms with E-state index in [-0.39, 0.29) is 5.91 Å². The van der Waals surface area contributed by atoms with Crippen molar-refractivity contribution in [3.05, 3.63) is 16.1 Å². The molecule has 2 heterocycles. The molecule has 100 valence electrons. The highest BCUT2D eigenvalue weighted by atomic mass is 35.5. The Labute approximate surface area is 117 Å². The molecule has 1 aromatic rings. The van der Waals surface area contributed by atoms with E-state index in [1.54, 1.807) is 0 Å². The van der Waals surface area contributed by atoms with Gasteiger partial charge in [-0.2, -0.15) is 0 Å². The van der Waals surface area contributed by atoms with Crippen LogP contribution in [0.3, 0.4) is 0 Å². The van der Waals surface area contributed by atoms with Crippen molar-refractivity contribution in [1.82, 2.24) is 9.88 Å². The van der Waals surface area contributed by atoms with E-state index >= 15 is 0 Å². The maximum Gasteiger partial charge on any atom is 0.229 e. The largest absolute Gasteiger partial charge is 0.340 e. The summed E-state index contributed by atoms with van der Waals surface area (Å²) < 4.78 is 0. The van der Waals surface area contributed by atoms with Crippen molar-refractivity contribution in [3.8, 4) is 0 Å². The molecule has 5 heteroatoms. The molecule has 0 spiro atoms. The predicted octanol–water partition coefficient (Wildman–Crippen LogP) is 3.22. The Morgan fingerprint density at radius 1 is 1.56 bits per heavy atom. The van der Waals surface area contributed by atoms with Gasteiger partial charge in [-0.15, -0.1) is 22.9 Å². The van der Waals surface area contributed by atoms with Gasteiger partial charge < -0.3 is 4.90 Å². The Morgan fingerprint density at radius 3 is 3.11 bits per heavy atom. The van der Waals surface area contributed by atoms with Crippen LogP contribution in [0.5, 0.6) is 0 Å². The number of alkyl halides is 1. The van der Waals surface area contributed by atoms with E-state index in [1.807, 2.05) is 10.3 Å². The second-order valence-electron chi connectivity index (χ2n) is 4.83. The molecule has 0 radical (unpaired) electrons. The van der Waals surface area contributed by atoms with Crippen LogP contribution in [0.25, 0.3) is 0 Å². The van der Waals surface area contributed by atoms with E-state index in [4.69, 9.17) is 11.6 Å². The Balaban J connectivity index is 1.97. The summed E-state index contributed by atoms with van der Waals surface area (Å²) in [4.78, 5) is 18.7. The number of halogens is 1. The SMILES string of the molecule is CC1CCCCCN1C(=O)Cc1nc(CCl)cs1. The van der Waals surface area contributed by atoms with Gasteiger partial charge in [0.15, 0.2) is 0 Å². The van der Waals surface area contributed by atoms with Crippen LogP contribution in [0.2, 0.25) is 0 Å². The molecule has 1 saturated heterocycles. The van der Waals surface area contributed by atoms with Crippen molar-refractivity contribution in [1.29, 1.82) is 0 Å². The van der Waals surface area contributed by atoms with Crippen LogP contribution in [0.4, 0.5) is 0 Å². The maximum absolute atomic E-state index is 12.3. The molecule has 0 saturated carbocycles.